The van der Waals surface area contributed by atoms with E-state index in [9.17, 15) is 4.79 Å². The van der Waals surface area contributed by atoms with E-state index in [0.29, 0.717) is 34.2 Å². The normalized spacial score (nSPS) is 9.28. The molecule has 1 rings (SSSR count). The van der Waals surface area contributed by atoms with Gasteiger partial charge in [-0.3, -0.25) is 15.5 Å². The molecule has 0 heterocycles. The summed E-state index contributed by atoms with van der Waals surface area (Å²) < 4.78 is 5.35. The van der Waals surface area contributed by atoms with Crippen molar-refractivity contribution in [2.75, 3.05) is 19.2 Å². The molecule has 3 N–H and O–H groups in total. The summed E-state index contributed by atoms with van der Waals surface area (Å²) in [7, 11) is 1.00. The summed E-state index contributed by atoms with van der Waals surface area (Å²) in [6.45, 7) is 5.35. The average molecular weight is 276 g/mol. The van der Waals surface area contributed by atoms with Crippen molar-refractivity contribution in [3.8, 4) is 5.75 Å². The van der Waals surface area contributed by atoms with E-state index in [4.69, 9.17) is 26.7 Å². The molecule has 1 aromatic rings. The topological polar surface area (TPSA) is 78.8 Å². The number of ether oxygens (including phenoxy) is 1. The molecule has 0 spiro atoms. The van der Waals surface area contributed by atoms with Crippen molar-refractivity contribution in [3.63, 3.8) is 0 Å². The Bertz CT molecular complexity index is 421. The Morgan fingerprint density at radius 2 is 2.06 bits per heavy atom. The Morgan fingerprint density at radius 3 is 2.44 bits per heavy atom. The van der Waals surface area contributed by atoms with Crippen LogP contribution in [0.4, 0.5) is 5.69 Å². The van der Waals surface area contributed by atoms with Crippen LogP contribution in [0.1, 0.15) is 29.8 Å². The summed E-state index contributed by atoms with van der Waals surface area (Å²) in [6.07, 6.45) is 0. The molecular weight excluding hydrogens is 258 g/mol. The lowest BCUT2D eigenvalue weighted by Gasteiger charge is -2.16. The zero-order chi connectivity index (χ0) is 14.3. The van der Waals surface area contributed by atoms with Crippen LogP contribution in [-0.2, 0) is 0 Å². The smallest absolute Gasteiger partial charge is 0.163 e. The molecule has 0 aromatic heterocycles. The molecule has 0 aliphatic rings. The number of Topliss-reactive ketones (excluding diaryl/α,β-unsaturated/α-hetero) is 1. The Hall–Kier alpha value is -1.30. The number of rotatable bonds is 4. The number of anilines is 1. The van der Waals surface area contributed by atoms with Crippen LogP contribution in [0, 0.1) is 6.92 Å². The highest BCUT2D eigenvalue weighted by molar-refractivity contribution is 6.32. The number of hydrogen-bond acceptors (Lipinski definition) is 5. The number of benzene rings is 1. The lowest BCUT2D eigenvalue weighted by Crippen LogP contribution is -2.06. The Morgan fingerprint density at radius 1 is 1.50 bits per heavy atom. The van der Waals surface area contributed by atoms with E-state index < -0.39 is 0 Å². The third-order valence-electron chi connectivity index (χ3n) is 2.26. The standard InChI is InChI=1S/C11H14ClNO3.CH4O/c1-4-16-11-8(7(3)14)5-9(12)6(2)10(11)13-15;1-2/h5,13,15H,4H2,1-3H3;2H,1H3. The first-order chi connectivity index (χ1) is 8.52. The predicted molar refractivity (Wildman–Crippen MR) is 70.9 cm³/mol. The Kier molecular flexibility index (Phi) is 7.35. The fourth-order valence-corrected chi connectivity index (χ4v) is 1.62. The number of halogens is 1. The molecule has 0 saturated carbocycles. The third-order valence-corrected chi connectivity index (χ3v) is 2.65. The first-order valence-corrected chi connectivity index (χ1v) is 5.72. The second kappa shape index (κ2) is 7.92. The SMILES string of the molecule is CCOc1c(C(C)=O)cc(Cl)c(C)c1NO.CO. The molecule has 102 valence electrons. The van der Waals surface area contributed by atoms with Gasteiger partial charge in [-0.2, -0.15) is 0 Å². The second-order valence-electron chi connectivity index (χ2n) is 3.34. The molecule has 0 atom stereocenters. The van der Waals surface area contributed by atoms with Gasteiger partial charge >= 0.3 is 0 Å². The minimum atomic E-state index is -0.165. The highest BCUT2D eigenvalue weighted by Crippen LogP contribution is 2.37. The average Bonchev–Trinajstić information content (AvgIpc) is 2.36. The van der Waals surface area contributed by atoms with Crippen LogP contribution in [-0.4, -0.2) is 29.8 Å². The molecule has 0 unspecified atom stereocenters. The summed E-state index contributed by atoms with van der Waals surface area (Å²) in [4.78, 5) is 11.4. The van der Waals surface area contributed by atoms with Crippen LogP contribution in [0.5, 0.6) is 5.75 Å². The van der Waals surface area contributed by atoms with Gasteiger partial charge in [-0.25, -0.2) is 0 Å². The zero-order valence-corrected chi connectivity index (χ0v) is 11.6. The molecule has 0 radical (unpaired) electrons. The van der Waals surface area contributed by atoms with Crippen molar-refractivity contribution in [2.45, 2.75) is 20.8 Å². The molecule has 6 heteroatoms. The summed E-state index contributed by atoms with van der Waals surface area (Å²) in [5.41, 5.74) is 3.35. The van der Waals surface area contributed by atoms with E-state index in [1.54, 1.807) is 19.9 Å². The van der Waals surface area contributed by atoms with Gasteiger partial charge < -0.3 is 9.84 Å². The van der Waals surface area contributed by atoms with E-state index in [-0.39, 0.29) is 5.78 Å². The van der Waals surface area contributed by atoms with Gasteiger partial charge in [0.05, 0.1) is 12.2 Å². The second-order valence-corrected chi connectivity index (χ2v) is 3.74. The minimum absolute atomic E-state index is 0.165. The van der Waals surface area contributed by atoms with E-state index in [2.05, 4.69) is 0 Å². The van der Waals surface area contributed by atoms with Gasteiger partial charge in [0.2, 0.25) is 0 Å². The third kappa shape index (κ3) is 3.60. The Labute approximate surface area is 111 Å². The molecule has 0 amide bonds. The fourth-order valence-electron chi connectivity index (χ4n) is 1.42. The summed E-state index contributed by atoms with van der Waals surface area (Å²) in [5.74, 6) is 0.168. The van der Waals surface area contributed by atoms with Crippen molar-refractivity contribution in [2.24, 2.45) is 0 Å². The molecule has 0 saturated heterocycles. The first-order valence-electron chi connectivity index (χ1n) is 5.34. The molecule has 0 bridgehead atoms. The summed E-state index contributed by atoms with van der Waals surface area (Å²) in [6, 6.07) is 1.55. The molecule has 0 aliphatic carbocycles. The van der Waals surface area contributed by atoms with Crippen molar-refractivity contribution >= 4 is 23.1 Å². The number of ketones is 1. The van der Waals surface area contributed by atoms with Gasteiger partial charge in [0.25, 0.3) is 0 Å². The van der Waals surface area contributed by atoms with E-state index in [0.717, 1.165) is 7.11 Å². The maximum Gasteiger partial charge on any atom is 0.163 e. The molecule has 1 aromatic carbocycles. The molecule has 0 fully saturated rings. The number of hydrogen-bond donors (Lipinski definition) is 3. The van der Waals surface area contributed by atoms with Gasteiger partial charge in [0, 0.05) is 12.1 Å². The van der Waals surface area contributed by atoms with Gasteiger partial charge in [-0.1, -0.05) is 11.6 Å². The van der Waals surface area contributed by atoms with Gasteiger partial charge in [-0.15, -0.1) is 0 Å². The van der Waals surface area contributed by atoms with Crippen LogP contribution in [0.3, 0.4) is 0 Å². The lowest BCUT2D eigenvalue weighted by atomic mass is 10.1. The maximum atomic E-state index is 11.4. The number of carbonyl (C=O) groups excluding carboxylic acids is 1. The van der Waals surface area contributed by atoms with Crippen LogP contribution in [0.2, 0.25) is 5.02 Å². The van der Waals surface area contributed by atoms with Crippen LogP contribution >= 0.6 is 11.6 Å². The monoisotopic (exact) mass is 275 g/mol. The van der Waals surface area contributed by atoms with Gasteiger partial charge in [-0.05, 0) is 32.4 Å². The lowest BCUT2D eigenvalue weighted by molar-refractivity contribution is 0.101. The molecular formula is C12H18ClNO4. The van der Waals surface area contributed by atoms with E-state index in [1.165, 1.54) is 6.92 Å². The minimum Gasteiger partial charge on any atom is -0.491 e. The van der Waals surface area contributed by atoms with Crippen molar-refractivity contribution in [1.82, 2.24) is 0 Å². The molecule has 5 nitrogen and oxygen atoms in total. The number of aliphatic hydroxyl groups excluding tert-OH is 1. The fraction of sp³-hybridized carbons (Fsp3) is 0.417. The number of nitrogens with one attached hydrogen (secondary N) is 1. The first kappa shape index (κ1) is 16.7. The van der Waals surface area contributed by atoms with Crippen LogP contribution in [0.15, 0.2) is 6.07 Å². The van der Waals surface area contributed by atoms with Crippen molar-refractivity contribution in [3.05, 3.63) is 22.2 Å². The van der Waals surface area contributed by atoms with Gasteiger partial charge in [0.1, 0.15) is 5.69 Å². The quantitative estimate of drug-likeness (QED) is 0.582. The summed E-state index contributed by atoms with van der Waals surface area (Å²) >= 11 is 5.96. The van der Waals surface area contributed by atoms with E-state index in [1.807, 2.05) is 5.48 Å². The van der Waals surface area contributed by atoms with Crippen molar-refractivity contribution < 1.29 is 19.8 Å². The Balaban J connectivity index is 0.00000137. The molecule has 0 aliphatic heterocycles. The predicted octanol–water partition coefficient (Wildman–Crippen LogP) is 2.66. The highest BCUT2D eigenvalue weighted by atomic mass is 35.5. The van der Waals surface area contributed by atoms with E-state index >= 15 is 0 Å². The summed E-state index contributed by atoms with van der Waals surface area (Å²) in [5, 5.41) is 16.5. The molecule has 18 heavy (non-hydrogen) atoms. The van der Waals surface area contributed by atoms with Gasteiger partial charge in [0.15, 0.2) is 11.5 Å². The highest BCUT2D eigenvalue weighted by Gasteiger charge is 2.18. The van der Waals surface area contributed by atoms with Crippen LogP contribution in [0.25, 0.3) is 0 Å². The largest absolute Gasteiger partial charge is 0.491 e. The number of aliphatic hydroxyl groups is 1. The van der Waals surface area contributed by atoms with Crippen LogP contribution < -0.4 is 10.2 Å². The van der Waals surface area contributed by atoms with Crippen molar-refractivity contribution in [1.29, 1.82) is 0 Å². The maximum absolute atomic E-state index is 11.4. The number of carbonyl (C=O) groups is 1. The zero-order valence-electron chi connectivity index (χ0n) is 10.9.